The van der Waals surface area contributed by atoms with E-state index in [4.69, 9.17) is 20.9 Å². The molecule has 0 unspecified atom stereocenters. The molecule has 7 N–H and O–H groups in total. The summed E-state index contributed by atoms with van der Waals surface area (Å²) in [5.41, 5.74) is 13.8. The lowest BCUT2D eigenvalue weighted by Crippen LogP contribution is -2.57. The molecule has 2 amide bonds. The Labute approximate surface area is 178 Å². The number of aromatic hydroxyl groups is 1. The maximum atomic E-state index is 12.5. The van der Waals surface area contributed by atoms with Gasteiger partial charge in [0.15, 0.2) is 6.17 Å². The Kier molecular flexibility index (Phi) is 6.42. The number of fused-ring (bicyclic) bond motifs is 5. The number of amides is 2. The SMILES string of the molecule is COC(=O)[C@@H]1Cc2ccc(O)c(c2)-c2cc(ccc2OC)[C@H](N)C(=O)N[C@@H](N)C(=O)N1. The third-order valence-electron chi connectivity index (χ3n) is 5.04. The zero-order valence-corrected chi connectivity index (χ0v) is 17.0. The van der Waals surface area contributed by atoms with Crippen LogP contribution in [-0.4, -0.2) is 49.3 Å². The van der Waals surface area contributed by atoms with Crippen LogP contribution in [0.25, 0.3) is 11.1 Å². The first-order chi connectivity index (χ1) is 14.7. The van der Waals surface area contributed by atoms with Crippen LogP contribution in [0.5, 0.6) is 11.5 Å². The van der Waals surface area contributed by atoms with Gasteiger partial charge in [0.2, 0.25) is 5.91 Å². The van der Waals surface area contributed by atoms with Crippen molar-refractivity contribution < 1.29 is 29.0 Å². The predicted octanol–water partition coefficient (Wildman–Crippen LogP) is -0.317. The van der Waals surface area contributed by atoms with Crippen LogP contribution >= 0.6 is 0 Å². The first kappa shape index (κ1) is 22.1. The zero-order chi connectivity index (χ0) is 22.7. The molecular formula is C21H24N4O6. The van der Waals surface area contributed by atoms with Crippen LogP contribution in [0.15, 0.2) is 36.4 Å². The van der Waals surface area contributed by atoms with Crippen LogP contribution in [0.2, 0.25) is 0 Å². The van der Waals surface area contributed by atoms with Gasteiger partial charge in [-0.2, -0.15) is 0 Å². The number of hydrogen-bond donors (Lipinski definition) is 5. The van der Waals surface area contributed by atoms with E-state index in [9.17, 15) is 19.5 Å². The number of rotatable bonds is 2. The van der Waals surface area contributed by atoms with Crippen LogP contribution in [0.3, 0.4) is 0 Å². The molecule has 1 heterocycles. The summed E-state index contributed by atoms with van der Waals surface area (Å²) in [4.78, 5) is 37.2. The highest BCUT2D eigenvalue weighted by molar-refractivity contribution is 5.92. The van der Waals surface area contributed by atoms with Crippen molar-refractivity contribution in [2.75, 3.05) is 14.2 Å². The molecule has 10 heteroatoms. The average Bonchev–Trinajstić information content (AvgIpc) is 2.77. The first-order valence-electron chi connectivity index (χ1n) is 9.45. The monoisotopic (exact) mass is 428 g/mol. The molecule has 31 heavy (non-hydrogen) atoms. The summed E-state index contributed by atoms with van der Waals surface area (Å²) in [5.74, 6) is -1.74. The van der Waals surface area contributed by atoms with E-state index < -0.39 is 36.0 Å². The van der Waals surface area contributed by atoms with Gasteiger partial charge in [0.1, 0.15) is 23.6 Å². The summed E-state index contributed by atoms with van der Waals surface area (Å²) >= 11 is 0. The number of methoxy groups -OCH3 is 2. The van der Waals surface area contributed by atoms with Crippen LogP contribution in [0, 0.1) is 0 Å². The Morgan fingerprint density at radius 1 is 1.03 bits per heavy atom. The molecule has 10 nitrogen and oxygen atoms in total. The molecule has 0 saturated carbocycles. The molecule has 4 bridgehead atoms. The standard InChI is InChI=1S/C21H24N4O6/c1-30-16-6-4-11-9-13(16)12-7-10(3-5-15(12)26)8-14(21(29)31-2)24-20(28)18(23)25-19(27)17(11)22/h3-7,9,14,17-18,26H,8,22-23H2,1-2H3,(H,24,28)(H,25,27)/t14-,17-,18+/m0/s1. The highest BCUT2D eigenvalue weighted by Gasteiger charge is 2.28. The number of nitrogens with two attached hydrogens (primary N) is 2. The zero-order valence-electron chi connectivity index (χ0n) is 17.0. The fraction of sp³-hybridized carbons (Fsp3) is 0.286. The summed E-state index contributed by atoms with van der Waals surface area (Å²) in [6.07, 6.45) is -1.37. The second kappa shape index (κ2) is 9.02. The van der Waals surface area contributed by atoms with E-state index in [1.165, 1.54) is 20.3 Å². The predicted molar refractivity (Wildman–Crippen MR) is 111 cm³/mol. The Bertz CT molecular complexity index is 1020. The van der Waals surface area contributed by atoms with Crippen molar-refractivity contribution in [3.63, 3.8) is 0 Å². The normalized spacial score (nSPS) is 21.4. The molecule has 2 aromatic carbocycles. The quantitative estimate of drug-likeness (QED) is 0.406. The summed E-state index contributed by atoms with van der Waals surface area (Å²) in [5, 5.41) is 15.3. The molecule has 3 rings (SSSR count). The van der Waals surface area contributed by atoms with Crippen molar-refractivity contribution in [3.8, 4) is 22.6 Å². The maximum absolute atomic E-state index is 12.5. The number of phenols is 1. The number of carbonyl (C=O) groups is 3. The van der Waals surface area contributed by atoms with Gasteiger partial charge in [0, 0.05) is 17.5 Å². The van der Waals surface area contributed by atoms with Crippen molar-refractivity contribution in [1.82, 2.24) is 10.6 Å². The van der Waals surface area contributed by atoms with Crippen molar-refractivity contribution in [2.24, 2.45) is 11.5 Å². The first-order valence-corrected chi connectivity index (χ1v) is 9.45. The van der Waals surface area contributed by atoms with Crippen LogP contribution in [0.1, 0.15) is 17.2 Å². The molecule has 1 aliphatic rings. The number of benzene rings is 2. The largest absolute Gasteiger partial charge is 0.507 e. The Morgan fingerprint density at radius 2 is 1.77 bits per heavy atom. The van der Waals surface area contributed by atoms with Gasteiger partial charge in [-0.15, -0.1) is 0 Å². The van der Waals surface area contributed by atoms with E-state index in [0.29, 0.717) is 28.0 Å². The van der Waals surface area contributed by atoms with Crippen molar-refractivity contribution >= 4 is 17.8 Å². The molecule has 0 fully saturated rings. The van der Waals surface area contributed by atoms with Crippen molar-refractivity contribution in [1.29, 1.82) is 0 Å². The Morgan fingerprint density at radius 3 is 2.45 bits per heavy atom. The third-order valence-corrected chi connectivity index (χ3v) is 5.04. The van der Waals surface area contributed by atoms with E-state index in [0.717, 1.165) is 0 Å². The van der Waals surface area contributed by atoms with Gasteiger partial charge in [-0.3, -0.25) is 9.59 Å². The molecule has 0 radical (unpaired) electrons. The Balaban J connectivity index is 2.19. The number of phenolic OH excluding ortho intramolecular Hbond substituents is 1. The van der Waals surface area contributed by atoms with E-state index in [2.05, 4.69) is 10.6 Å². The lowest BCUT2D eigenvalue weighted by molar-refractivity contribution is -0.145. The van der Waals surface area contributed by atoms with Crippen LogP contribution < -0.4 is 26.8 Å². The number of carbonyl (C=O) groups excluding carboxylic acids is 3. The van der Waals surface area contributed by atoms with Gasteiger partial charge in [0.25, 0.3) is 5.91 Å². The Hall–Kier alpha value is -3.63. The van der Waals surface area contributed by atoms with Gasteiger partial charge in [-0.1, -0.05) is 12.1 Å². The lowest BCUT2D eigenvalue weighted by atomic mass is 9.94. The van der Waals surface area contributed by atoms with Gasteiger partial charge in [-0.05, 0) is 35.4 Å². The summed E-state index contributed by atoms with van der Waals surface area (Å²) in [7, 11) is 2.67. The average molecular weight is 428 g/mol. The summed E-state index contributed by atoms with van der Waals surface area (Å²) in [6, 6.07) is 7.40. The molecule has 164 valence electrons. The molecule has 3 atom stereocenters. The summed E-state index contributed by atoms with van der Waals surface area (Å²) in [6.45, 7) is 0. The third kappa shape index (κ3) is 4.60. The van der Waals surface area contributed by atoms with Crippen LogP contribution in [-0.2, 0) is 25.5 Å². The molecule has 0 aliphatic carbocycles. The summed E-state index contributed by atoms with van der Waals surface area (Å²) < 4.78 is 10.2. The van der Waals surface area contributed by atoms with Gasteiger partial charge in [0.05, 0.1) is 14.2 Å². The molecule has 1 aliphatic heterocycles. The maximum Gasteiger partial charge on any atom is 0.328 e. The lowest BCUT2D eigenvalue weighted by Gasteiger charge is -2.23. The number of hydrogen-bond acceptors (Lipinski definition) is 8. The van der Waals surface area contributed by atoms with E-state index in [1.807, 2.05) is 0 Å². The molecular weight excluding hydrogens is 404 g/mol. The minimum absolute atomic E-state index is 0.0370. The minimum Gasteiger partial charge on any atom is -0.507 e. The smallest absolute Gasteiger partial charge is 0.328 e. The van der Waals surface area contributed by atoms with E-state index in [1.54, 1.807) is 30.3 Å². The number of ether oxygens (including phenoxy) is 2. The van der Waals surface area contributed by atoms with Gasteiger partial charge < -0.3 is 36.7 Å². The number of esters is 1. The van der Waals surface area contributed by atoms with Crippen LogP contribution in [0.4, 0.5) is 0 Å². The van der Waals surface area contributed by atoms with E-state index >= 15 is 0 Å². The van der Waals surface area contributed by atoms with Crippen molar-refractivity contribution in [3.05, 3.63) is 47.5 Å². The number of nitrogens with one attached hydrogen (secondary N) is 2. The highest BCUT2D eigenvalue weighted by Crippen LogP contribution is 2.38. The van der Waals surface area contributed by atoms with Gasteiger partial charge >= 0.3 is 5.97 Å². The molecule has 0 saturated heterocycles. The fourth-order valence-electron chi connectivity index (χ4n) is 3.35. The fourth-order valence-corrected chi connectivity index (χ4v) is 3.35. The minimum atomic E-state index is -1.43. The van der Waals surface area contributed by atoms with E-state index in [-0.39, 0.29) is 12.2 Å². The molecule has 0 spiro atoms. The molecule has 2 aromatic rings. The molecule has 0 aromatic heterocycles. The second-order valence-electron chi connectivity index (χ2n) is 7.06. The van der Waals surface area contributed by atoms with Crippen molar-refractivity contribution in [2.45, 2.75) is 24.7 Å². The highest BCUT2D eigenvalue weighted by atomic mass is 16.5. The van der Waals surface area contributed by atoms with Gasteiger partial charge in [-0.25, -0.2) is 4.79 Å². The topological polar surface area (TPSA) is 166 Å². The second-order valence-corrected chi connectivity index (χ2v) is 7.06.